The third-order valence-electron chi connectivity index (χ3n) is 4.74. The van der Waals surface area contributed by atoms with Gasteiger partial charge in [-0.1, -0.05) is 18.2 Å². The number of hydrogen-bond donors (Lipinski definition) is 2. The van der Waals surface area contributed by atoms with Crippen molar-refractivity contribution in [2.75, 3.05) is 24.5 Å². The van der Waals surface area contributed by atoms with Gasteiger partial charge in [0.1, 0.15) is 0 Å². The second-order valence-corrected chi connectivity index (χ2v) is 7.97. The van der Waals surface area contributed by atoms with Gasteiger partial charge in [0.2, 0.25) is 5.91 Å². The topological polar surface area (TPSA) is 65.5 Å². The summed E-state index contributed by atoms with van der Waals surface area (Å²) in [6.45, 7) is 4.08. The first kappa shape index (κ1) is 18.6. The molecule has 138 valence electrons. The Labute approximate surface area is 158 Å². The van der Waals surface area contributed by atoms with Crippen molar-refractivity contribution in [3.05, 3.63) is 52.5 Å². The zero-order valence-electron chi connectivity index (χ0n) is 15.0. The highest BCUT2D eigenvalue weighted by molar-refractivity contribution is 7.12. The summed E-state index contributed by atoms with van der Waals surface area (Å²) in [5, 5.41) is 14.6. The maximum Gasteiger partial charge on any atom is 0.244 e. The molecule has 1 aromatic heterocycles. The zero-order chi connectivity index (χ0) is 18.4. The first-order chi connectivity index (χ1) is 12.5. The minimum atomic E-state index is -0.697. The van der Waals surface area contributed by atoms with Gasteiger partial charge in [-0.15, -0.1) is 11.3 Å². The molecule has 0 atom stereocenters. The lowest BCUT2D eigenvalue weighted by Gasteiger charge is -2.39. The summed E-state index contributed by atoms with van der Waals surface area (Å²) in [6.07, 6.45) is 7.06. The van der Waals surface area contributed by atoms with E-state index in [4.69, 9.17) is 0 Å². The van der Waals surface area contributed by atoms with E-state index < -0.39 is 5.60 Å². The van der Waals surface area contributed by atoms with Crippen molar-refractivity contribution in [1.82, 2.24) is 10.3 Å². The Bertz CT molecular complexity index is 749. The third-order valence-corrected chi connectivity index (χ3v) is 5.62. The largest absolute Gasteiger partial charge is 0.390 e. The standard InChI is InChI=1S/C20H25N3O2S/c1-16-22-15-18(26-16)7-8-19(24)21-12-9-20(25)10-13-23(14-11-20)17-5-3-2-4-6-17/h2-8,15,25H,9-14H2,1H3,(H,21,24)/b8-7+. The molecule has 1 aliphatic rings. The molecule has 0 spiro atoms. The Morgan fingerprint density at radius 3 is 2.73 bits per heavy atom. The number of aliphatic hydroxyl groups is 1. The van der Waals surface area contributed by atoms with Gasteiger partial charge in [0.05, 0.1) is 10.6 Å². The van der Waals surface area contributed by atoms with Crippen molar-refractivity contribution in [2.45, 2.75) is 31.8 Å². The number of anilines is 1. The molecule has 5 nitrogen and oxygen atoms in total. The number of amides is 1. The molecule has 3 rings (SSSR count). The predicted octanol–water partition coefficient (Wildman–Crippen LogP) is 3.00. The SMILES string of the molecule is Cc1ncc(/C=C/C(=O)NCCC2(O)CCN(c3ccccc3)CC2)s1. The Morgan fingerprint density at radius 2 is 2.08 bits per heavy atom. The second kappa shape index (κ2) is 8.47. The molecule has 1 amide bonds. The average Bonchev–Trinajstić information content (AvgIpc) is 3.07. The van der Waals surface area contributed by atoms with E-state index in [-0.39, 0.29) is 5.91 Å². The van der Waals surface area contributed by atoms with E-state index in [1.807, 2.05) is 25.1 Å². The number of carbonyl (C=O) groups excluding carboxylic acids is 1. The van der Waals surface area contributed by atoms with E-state index in [1.54, 1.807) is 23.6 Å². The van der Waals surface area contributed by atoms with Crippen molar-refractivity contribution in [1.29, 1.82) is 0 Å². The number of nitrogens with zero attached hydrogens (tertiary/aromatic N) is 2. The lowest BCUT2D eigenvalue weighted by molar-refractivity contribution is -0.116. The first-order valence-electron chi connectivity index (χ1n) is 8.95. The molecular formula is C20H25N3O2S. The molecule has 0 radical (unpaired) electrons. The highest BCUT2D eigenvalue weighted by Crippen LogP contribution is 2.28. The summed E-state index contributed by atoms with van der Waals surface area (Å²) < 4.78 is 0. The molecule has 1 fully saturated rings. The number of aromatic nitrogens is 1. The lowest BCUT2D eigenvalue weighted by atomic mass is 9.88. The Balaban J connectivity index is 1.40. The summed E-state index contributed by atoms with van der Waals surface area (Å²) in [5.41, 5.74) is 0.503. The number of aryl methyl sites for hydroxylation is 1. The van der Waals surface area contributed by atoms with E-state index in [2.05, 4.69) is 27.3 Å². The summed E-state index contributed by atoms with van der Waals surface area (Å²) in [4.78, 5) is 19.3. The monoisotopic (exact) mass is 371 g/mol. The number of nitrogens with one attached hydrogen (secondary N) is 1. The maximum atomic E-state index is 11.9. The molecule has 6 heteroatoms. The molecule has 0 unspecified atom stereocenters. The molecule has 1 aromatic carbocycles. The summed E-state index contributed by atoms with van der Waals surface area (Å²) in [6, 6.07) is 10.3. The molecule has 0 aliphatic carbocycles. The Kier molecular flexibility index (Phi) is 6.06. The highest BCUT2D eigenvalue weighted by atomic mass is 32.1. The fourth-order valence-electron chi connectivity index (χ4n) is 3.16. The van der Waals surface area contributed by atoms with Gasteiger partial charge in [0.25, 0.3) is 0 Å². The molecular weight excluding hydrogens is 346 g/mol. The van der Waals surface area contributed by atoms with E-state index in [9.17, 15) is 9.90 Å². The van der Waals surface area contributed by atoms with Crippen LogP contribution in [0, 0.1) is 6.92 Å². The molecule has 2 aromatic rings. The van der Waals surface area contributed by atoms with Gasteiger partial charge in [-0.05, 0) is 44.4 Å². The molecule has 2 heterocycles. The summed E-state index contributed by atoms with van der Waals surface area (Å²) in [5.74, 6) is -0.138. The van der Waals surface area contributed by atoms with Crippen molar-refractivity contribution >= 4 is 29.0 Å². The van der Waals surface area contributed by atoms with Crippen LogP contribution in [-0.4, -0.2) is 41.2 Å². The van der Waals surface area contributed by atoms with E-state index in [0.29, 0.717) is 25.8 Å². The highest BCUT2D eigenvalue weighted by Gasteiger charge is 2.31. The van der Waals surface area contributed by atoms with E-state index >= 15 is 0 Å². The van der Waals surface area contributed by atoms with Gasteiger partial charge in [0.15, 0.2) is 0 Å². The predicted molar refractivity (Wildman–Crippen MR) is 106 cm³/mol. The van der Waals surface area contributed by atoms with Crippen LogP contribution in [0.25, 0.3) is 6.08 Å². The first-order valence-corrected chi connectivity index (χ1v) is 9.76. The minimum Gasteiger partial charge on any atom is -0.390 e. The molecule has 0 bridgehead atoms. The summed E-state index contributed by atoms with van der Waals surface area (Å²) >= 11 is 1.55. The van der Waals surface area contributed by atoms with Crippen LogP contribution >= 0.6 is 11.3 Å². The number of hydrogen-bond acceptors (Lipinski definition) is 5. The van der Waals surface area contributed by atoms with Crippen molar-refractivity contribution < 1.29 is 9.90 Å². The van der Waals surface area contributed by atoms with E-state index in [1.165, 1.54) is 11.8 Å². The zero-order valence-corrected chi connectivity index (χ0v) is 15.8. The van der Waals surface area contributed by atoms with Gasteiger partial charge in [-0.2, -0.15) is 0 Å². The van der Waals surface area contributed by atoms with Crippen LogP contribution in [0.4, 0.5) is 5.69 Å². The quantitative estimate of drug-likeness (QED) is 0.766. The van der Waals surface area contributed by atoms with Crippen LogP contribution in [0.5, 0.6) is 0 Å². The molecule has 0 saturated carbocycles. The van der Waals surface area contributed by atoms with E-state index in [0.717, 1.165) is 23.0 Å². The van der Waals surface area contributed by atoms with Gasteiger partial charge < -0.3 is 15.3 Å². The molecule has 2 N–H and O–H groups in total. The van der Waals surface area contributed by atoms with Crippen LogP contribution in [0.3, 0.4) is 0 Å². The smallest absolute Gasteiger partial charge is 0.244 e. The number of rotatable bonds is 6. The third kappa shape index (κ3) is 5.16. The van der Waals surface area contributed by atoms with Gasteiger partial charge >= 0.3 is 0 Å². The second-order valence-electron chi connectivity index (χ2n) is 6.70. The molecule has 1 saturated heterocycles. The molecule has 26 heavy (non-hydrogen) atoms. The van der Waals surface area contributed by atoms with Crippen molar-refractivity contribution in [3.63, 3.8) is 0 Å². The maximum absolute atomic E-state index is 11.9. The average molecular weight is 372 g/mol. The Morgan fingerprint density at radius 1 is 1.35 bits per heavy atom. The van der Waals surface area contributed by atoms with Crippen molar-refractivity contribution in [3.8, 4) is 0 Å². The Hall–Kier alpha value is -2.18. The van der Waals surface area contributed by atoms with Gasteiger partial charge in [-0.3, -0.25) is 4.79 Å². The number of benzene rings is 1. The summed E-state index contributed by atoms with van der Waals surface area (Å²) in [7, 11) is 0. The van der Waals surface area contributed by atoms with Crippen LogP contribution in [0.2, 0.25) is 0 Å². The number of piperidine rings is 1. The molecule has 1 aliphatic heterocycles. The van der Waals surface area contributed by atoms with Gasteiger partial charge in [-0.25, -0.2) is 4.98 Å². The lowest BCUT2D eigenvalue weighted by Crippen LogP contribution is -2.46. The normalized spacial score (nSPS) is 16.8. The van der Waals surface area contributed by atoms with Crippen LogP contribution in [-0.2, 0) is 4.79 Å². The number of carbonyl (C=O) groups is 1. The number of para-hydroxylation sites is 1. The van der Waals surface area contributed by atoms with Crippen LogP contribution in [0.1, 0.15) is 29.1 Å². The fourth-order valence-corrected chi connectivity index (χ4v) is 3.85. The fraction of sp³-hybridized carbons (Fsp3) is 0.400. The van der Waals surface area contributed by atoms with Crippen molar-refractivity contribution in [2.24, 2.45) is 0 Å². The van der Waals surface area contributed by atoms with Crippen LogP contribution in [0.15, 0.2) is 42.6 Å². The van der Waals surface area contributed by atoms with Gasteiger partial charge in [0, 0.05) is 42.5 Å². The number of thiazole rings is 1. The van der Waals surface area contributed by atoms with Crippen LogP contribution < -0.4 is 10.2 Å². The minimum absolute atomic E-state index is 0.138.